The van der Waals surface area contributed by atoms with Crippen LogP contribution in [0.3, 0.4) is 0 Å². The number of carbonyl (C=O) groups is 1. The molecule has 0 spiro atoms. The first-order valence-electron chi connectivity index (χ1n) is 9.04. The minimum Gasteiger partial charge on any atom is -0.322 e. The zero-order valence-electron chi connectivity index (χ0n) is 16.6. The van der Waals surface area contributed by atoms with Crippen LogP contribution in [0.2, 0.25) is 5.02 Å². The molecule has 3 aromatic rings. The van der Waals surface area contributed by atoms with Gasteiger partial charge in [0.05, 0.1) is 9.92 Å². The van der Waals surface area contributed by atoms with E-state index in [1.54, 1.807) is 25.1 Å². The Bertz CT molecular complexity index is 1240. The predicted molar refractivity (Wildman–Crippen MR) is 117 cm³/mol. The molecule has 0 unspecified atom stereocenters. The Morgan fingerprint density at radius 3 is 2.20 bits per heavy atom. The van der Waals surface area contributed by atoms with E-state index in [0.717, 1.165) is 17.2 Å². The number of sulfonamides is 1. The lowest BCUT2D eigenvalue weighted by Gasteiger charge is -2.13. The van der Waals surface area contributed by atoms with E-state index in [0.29, 0.717) is 16.9 Å². The molecule has 1 amide bonds. The largest absolute Gasteiger partial charge is 0.322 e. The van der Waals surface area contributed by atoms with Crippen molar-refractivity contribution in [1.82, 2.24) is 0 Å². The number of hydrogen-bond donors (Lipinski definition) is 2. The van der Waals surface area contributed by atoms with E-state index in [9.17, 15) is 17.6 Å². The highest BCUT2D eigenvalue weighted by Crippen LogP contribution is 2.24. The Balaban J connectivity index is 1.88. The molecule has 5 nitrogen and oxygen atoms in total. The number of carbonyl (C=O) groups excluding carboxylic acids is 1. The van der Waals surface area contributed by atoms with Crippen molar-refractivity contribution in [3.8, 4) is 0 Å². The molecule has 0 bridgehead atoms. The van der Waals surface area contributed by atoms with Gasteiger partial charge in [-0.3, -0.25) is 9.52 Å². The summed E-state index contributed by atoms with van der Waals surface area (Å²) in [5.41, 5.74) is 3.37. The van der Waals surface area contributed by atoms with Crippen molar-refractivity contribution < 1.29 is 17.6 Å². The summed E-state index contributed by atoms with van der Waals surface area (Å²) in [5.74, 6) is -1.14. The van der Waals surface area contributed by atoms with Crippen LogP contribution in [0.5, 0.6) is 0 Å². The number of aryl methyl sites for hydroxylation is 3. The van der Waals surface area contributed by atoms with Gasteiger partial charge in [-0.05, 0) is 79.9 Å². The van der Waals surface area contributed by atoms with Crippen LogP contribution in [0.25, 0.3) is 0 Å². The minimum atomic E-state index is -3.92. The van der Waals surface area contributed by atoms with Crippen LogP contribution in [0, 0.1) is 26.6 Å². The Hall–Kier alpha value is -2.90. The highest BCUT2D eigenvalue weighted by Gasteiger charge is 2.20. The van der Waals surface area contributed by atoms with Crippen molar-refractivity contribution in [2.45, 2.75) is 25.7 Å². The van der Waals surface area contributed by atoms with Crippen molar-refractivity contribution in [3.05, 3.63) is 87.7 Å². The van der Waals surface area contributed by atoms with Crippen LogP contribution in [0.1, 0.15) is 27.0 Å². The highest BCUT2D eigenvalue weighted by atomic mass is 35.5. The molecule has 2 N–H and O–H groups in total. The summed E-state index contributed by atoms with van der Waals surface area (Å²) in [4.78, 5) is 12.6. The van der Waals surface area contributed by atoms with Gasteiger partial charge in [-0.25, -0.2) is 12.8 Å². The third-order valence-corrected chi connectivity index (χ3v) is 6.49. The van der Waals surface area contributed by atoms with Crippen molar-refractivity contribution in [2.24, 2.45) is 0 Å². The van der Waals surface area contributed by atoms with Gasteiger partial charge in [0, 0.05) is 16.9 Å². The normalized spacial score (nSPS) is 11.2. The van der Waals surface area contributed by atoms with Crippen molar-refractivity contribution in [1.29, 1.82) is 0 Å². The summed E-state index contributed by atoms with van der Waals surface area (Å²) < 4.78 is 41.7. The number of halogens is 2. The molecule has 0 heterocycles. The number of rotatable bonds is 5. The van der Waals surface area contributed by atoms with E-state index in [4.69, 9.17) is 11.6 Å². The second-order valence-corrected chi connectivity index (χ2v) is 9.03. The fourth-order valence-corrected chi connectivity index (χ4v) is 4.32. The van der Waals surface area contributed by atoms with Gasteiger partial charge in [-0.2, -0.15) is 0 Å². The molecule has 0 aliphatic rings. The summed E-state index contributed by atoms with van der Waals surface area (Å²) in [6, 6.07) is 13.4. The molecule has 3 aromatic carbocycles. The van der Waals surface area contributed by atoms with E-state index >= 15 is 0 Å². The maximum Gasteiger partial charge on any atom is 0.262 e. The van der Waals surface area contributed by atoms with Crippen LogP contribution in [-0.4, -0.2) is 14.3 Å². The van der Waals surface area contributed by atoms with Gasteiger partial charge in [0.1, 0.15) is 5.82 Å². The molecular formula is C22H20ClFN2O3S. The number of benzene rings is 3. The standard InChI is InChI=1S/C22H20ClFN2O3S/c1-13-5-7-18(10-15(13)3)26-30(28,29)21-11-16(6-4-14(21)2)22(27)25-17-8-9-20(24)19(23)12-17/h4-12,26H,1-3H3,(H,25,27). The molecule has 0 saturated carbocycles. The molecular weight excluding hydrogens is 427 g/mol. The number of anilines is 2. The Kier molecular flexibility index (Phi) is 6.14. The molecule has 0 aromatic heterocycles. The van der Waals surface area contributed by atoms with E-state index in [1.807, 2.05) is 19.9 Å². The van der Waals surface area contributed by atoms with Crippen molar-refractivity contribution in [3.63, 3.8) is 0 Å². The molecule has 0 fully saturated rings. The van der Waals surface area contributed by atoms with Crippen LogP contribution < -0.4 is 10.0 Å². The van der Waals surface area contributed by atoms with Gasteiger partial charge in [0.25, 0.3) is 15.9 Å². The van der Waals surface area contributed by atoms with Gasteiger partial charge in [-0.15, -0.1) is 0 Å². The highest BCUT2D eigenvalue weighted by molar-refractivity contribution is 7.92. The molecule has 0 aliphatic carbocycles. The fraction of sp³-hybridized carbons (Fsp3) is 0.136. The molecule has 156 valence electrons. The fourth-order valence-electron chi connectivity index (χ4n) is 2.82. The number of amides is 1. The van der Waals surface area contributed by atoms with E-state index in [1.165, 1.54) is 24.3 Å². The minimum absolute atomic E-state index is 0.00878. The predicted octanol–water partition coefficient (Wildman–Crippen LogP) is 5.46. The number of hydrogen-bond acceptors (Lipinski definition) is 3. The van der Waals surface area contributed by atoms with Crippen LogP contribution in [0.15, 0.2) is 59.5 Å². The second-order valence-electron chi connectivity index (χ2n) is 6.97. The maximum atomic E-state index is 13.3. The molecule has 0 atom stereocenters. The van der Waals surface area contributed by atoms with Gasteiger partial charge in [0.15, 0.2) is 0 Å². The first-order valence-corrected chi connectivity index (χ1v) is 10.9. The zero-order chi connectivity index (χ0) is 22.1. The average molecular weight is 447 g/mol. The Labute approximate surface area is 179 Å². The van der Waals surface area contributed by atoms with Gasteiger partial charge in [0.2, 0.25) is 0 Å². The smallest absolute Gasteiger partial charge is 0.262 e. The first-order chi connectivity index (χ1) is 14.1. The van der Waals surface area contributed by atoms with Crippen LogP contribution in [-0.2, 0) is 10.0 Å². The molecule has 8 heteroatoms. The summed E-state index contributed by atoms with van der Waals surface area (Å²) in [6.45, 7) is 5.48. The molecule has 0 radical (unpaired) electrons. The second kappa shape index (κ2) is 8.45. The lowest BCUT2D eigenvalue weighted by molar-refractivity contribution is 0.102. The summed E-state index contributed by atoms with van der Waals surface area (Å²) in [6.07, 6.45) is 0. The SMILES string of the molecule is Cc1ccc(NS(=O)(=O)c2cc(C(=O)Nc3ccc(F)c(Cl)c3)ccc2C)cc1C. The van der Waals surface area contributed by atoms with Crippen molar-refractivity contribution >= 4 is 38.9 Å². The van der Waals surface area contributed by atoms with Crippen LogP contribution in [0.4, 0.5) is 15.8 Å². The molecule has 30 heavy (non-hydrogen) atoms. The molecule has 0 aliphatic heterocycles. The maximum absolute atomic E-state index is 13.3. The van der Waals surface area contributed by atoms with Crippen LogP contribution >= 0.6 is 11.6 Å². The Morgan fingerprint density at radius 2 is 1.53 bits per heavy atom. The topological polar surface area (TPSA) is 75.3 Å². The summed E-state index contributed by atoms with van der Waals surface area (Å²) in [5, 5.41) is 2.46. The Morgan fingerprint density at radius 1 is 0.867 bits per heavy atom. The third kappa shape index (κ3) is 4.80. The quantitative estimate of drug-likeness (QED) is 0.546. The third-order valence-electron chi connectivity index (χ3n) is 4.68. The first kappa shape index (κ1) is 21.8. The van der Waals surface area contributed by atoms with Gasteiger partial charge in [-0.1, -0.05) is 23.7 Å². The zero-order valence-corrected chi connectivity index (χ0v) is 18.2. The average Bonchev–Trinajstić information content (AvgIpc) is 2.67. The van der Waals surface area contributed by atoms with E-state index in [-0.39, 0.29) is 15.5 Å². The lowest BCUT2D eigenvalue weighted by Crippen LogP contribution is -2.17. The van der Waals surface area contributed by atoms with E-state index in [2.05, 4.69) is 10.0 Å². The molecule has 0 saturated heterocycles. The molecule has 3 rings (SSSR count). The van der Waals surface area contributed by atoms with Crippen molar-refractivity contribution in [2.75, 3.05) is 10.0 Å². The summed E-state index contributed by atoms with van der Waals surface area (Å²) in [7, 11) is -3.92. The van der Waals surface area contributed by atoms with Gasteiger partial charge < -0.3 is 5.32 Å². The number of nitrogens with one attached hydrogen (secondary N) is 2. The van der Waals surface area contributed by atoms with Gasteiger partial charge >= 0.3 is 0 Å². The monoisotopic (exact) mass is 446 g/mol. The van der Waals surface area contributed by atoms with E-state index < -0.39 is 21.7 Å². The summed E-state index contributed by atoms with van der Waals surface area (Å²) >= 11 is 5.73. The lowest BCUT2D eigenvalue weighted by atomic mass is 10.1.